The molecule has 0 spiro atoms. The van der Waals surface area contributed by atoms with Crippen molar-refractivity contribution < 1.29 is 4.74 Å². The fourth-order valence-electron chi connectivity index (χ4n) is 1.15. The Hall–Kier alpha value is -1.72. The average Bonchev–Trinajstić information content (AvgIpc) is 2.80. The van der Waals surface area contributed by atoms with Gasteiger partial charge in [0.1, 0.15) is 5.75 Å². The van der Waals surface area contributed by atoms with Gasteiger partial charge >= 0.3 is 0 Å². The van der Waals surface area contributed by atoms with Crippen LogP contribution in [0, 0.1) is 11.8 Å². The maximum Gasteiger partial charge on any atom is 0.118 e. The van der Waals surface area contributed by atoms with Crippen LogP contribution in [0.25, 0.3) is 0 Å². The van der Waals surface area contributed by atoms with Gasteiger partial charge in [0.15, 0.2) is 0 Å². The van der Waals surface area contributed by atoms with Crippen molar-refractivity contribution in [3.63, 3.8) is 0 Å². The molecule has 0 amide bonds. The molecule has 0 aliphatic carbocycles. The lowest BCUT2D eigenvalue weighted by molar-refractivity contribution is 0.415. The van der Waals surface area contributed by atoms with E-state index in [-0.39, 0.29) is 0 Å². The van der Waals surface area contributed by atoms with Gasteiger partial charge in [-0.05, 0) is 35.7 Å². The number of ether oxygens (including phenoxy) is 1. The van der Waals surface area contributed by atoms with Gasteiger partial charge in [0, 0.05) is 16.5 Å². The Bertz CT molecular complexity index is 471. The van der Waals surface area contributed by atoms with E-state index in [1.807, 2.05) is 41.1 Å². The molecule has 0 saturated carbocycles. The lowest BCUT2D eigenvalue weighted by Gasteiger charge is -1.97. The zero-order valence-electron chi connectivity index (χ0n) is 8.36. The van der Waals surface area contributed by atoms with E-state index in [2.05, 4.69) is 11.8 Å². The zero-order chi connectivity index (χ0) is 10.5. The number of methoxy groups -OCH3 is 1. The summed E-state index contributed by atoms with van der Waals surface area (Å²) in [7, 11) is 1.66. The summed E-state index contributed by atoms with van der Waals surface area (Å²) in [6.45, 7) is 0. The highest BCUT2D eigenvalue weighted by Crippen LogP contribution is 2.10. The molecular weight excluding hydrogens is 204 g/mol. The first-order chi connectivity index (χ1) is 7.38. The van der Waals surface area contributed by atoms with Gasteiger partial charge in [-0.15, -0.1) is 0 Å². The van der Waals surface area contributed by atoms with Crippen molar-refractivity contribution in [1.82, 2.24) is 0 Å². The molecular formula is C13H10OS. The highest BCUT2D eigenvalue weighted by atomic mass is 32.1. The molecule has 0 aliphatic rings. The van der Waals surface area contributed by atoms with E-state index in [4.69, 9.17) is 4.74 Å². The van der Waals surface area contributed by atoms with Crippen LogP contribution >= 0.6 is 11.3 Å². The summed E-state index contributed by atoms with van der Waals surface area (Å²) in [5, 5.41) is 4.06. The minimum atomic E-state index is 0.857. The van der Waals surface area contributed by atoms with Gasteiger partial charge in [0.05, 0.1) is 7.11 Å². The third-order valence-corrected chi connectivity index (χ3v) is 2.65. The van der Waals surface area contributed by atoms with Crippen LogP contribution in [0.3, 0.4) is 0 Å². The molecule has 15 heavy (non-hydrogen) atoms. The van der Waals surface area contributed by atoms with Gasteiger partial charge in [-0.2, -0.15) is 11.3 Å². The molecule has 0 saturated heterocycles. The first-order valence-electron chi connectivity index (χ1n) is 4.57. The standard InChI is InChI=1S/C13H10OS/c1-14-13-6-4-11(5-7-13)2-3-12-8-9-15-10-12/h4-10H,1H3. The van der Waals surface area contributed by atoms with E-state index in [0.29, 0.717) is 0 Å². The summed E-state index contributed by atoms with van der Waals surface area (Å²) in [4.78, 5) is 0. The summed E-state index contributed by atoms with van der Waals surface area (Å²) < 4.78 is 5.07. The van der Waals surface area contributed by atoms with Crippen molar-refractivity contribution >= 4 is 11.3 Å². The lowest BCUT2D eigenvalue weighted by Crippen LogP contribution is -1.81. The van der Waals surface area contributed by atoms with E-state index in [9.17, 15) is 0 Å². The molecule has 1 aromatic carbocycles. The molecule has 0 fully saturated rings. The smallest absolute Gasteiger partial charge is 0.118 e. The van der Waals surface area contributed by atoms with Gasteiger partial charge in [-0.25, -0.2) is 0 Å². The molecule has 0 aliphatic heterocycles. The van der Waals surface area contributed by atoms with Gasteiger partial charge in [-0.1, -0.05) is 11.8 Å². The molecule has 0 N–H and O–H groups in total. The minimum Gasteiger partial charge on any atom is -0.497 e. The minimum absolute atomic E-state index is 0.857. The molecule has 2 aromatic rings. The first kappa shape index (κ1) is 9.82. The van der Waals surface area contributed by atoms with E-state index >= 15 is 0 Å². The van der Waals surface area contributed by atoms with Crippen molar-refractivity contribution in [3.8, 4) is 17.6 Å². The molecule has 1 heterocycles. The Morgan fingerprint density at radius 3 is 2.33 bits per heavy atom. The zero-order valence-corrected chi connectivity index (χ0v) is 9.17. The van der Waals surface area contributed by atoms with Gasteiger partial charge in [-0.3, -0.25) is 0 Å². The fraction of sp³-hybridized carbons (Fsp3) is 0.0769. The predicted octanol–water partition coefficient (Wildman–Crippen LogP) is 3.16. The summed E-state index contributed by atoms with van der Waals surface area (Å²) in [6.07, 6.45) is 0. The van der Waals surface area contributed by atoms with Crippen molar-refractivity contribution in [2.75, 3.05) is 7.11 Å². The third-order valence-electron chi connectivity index (χ3n) is 1.96. The van der Waals surface area contributed by atoms with Crippen LogP contribution in [-0.2, 0) is 0 Å². The van der Waals surface area contributed by atoms with Crippen LogP contribution in [0.2, 0.25) is 0 Å². The largest absolute Gasteiger partial charge is 0.497 e. The highest BCUT2D eigenvalue weighted by molar-refractivity contribution is 7.08. The predicted molar refractivity (Wildman–Crippen MR) is 63.3 cm³/mol. The number of benzene rings is 1. The normalized spacial score (nSPS) is 9.13. The molecule has 2 heteroatoms. The van der Waals surface area contributed by atoms with Crippen LogP contribution in [0.4, 0.5) is 0 Å². The second kappa shape index (κ2) is 4.68. The summed E-state index contributed by atoms with van der Waals surface area (Å²) >= 11 is 1.66. The highest BCUT2D eigenvalue weighted by Gasteiger charge is 1.90. The fourth-order valence-corrected chi connectivity index (χ4v) is 1.74. The van der Waals surface area contributed by atoms with Gasteiger partial charge in [0.2, 0.25) is 0 Å². The van der Waals surface area contributed by atoms with Crippen LogP contribution in [0.5, 0.6) is 5.75 Å². The van der Waals surface area contributed by atoms with E-state index in [1.165, 1.54) is 0 Å². The number of hydrogen-bond acceptors (Lipinski definition) is 2. The molecule has 74 valence electrons. The van der Waals surface area contributed by atoms with Crippen LogP contribution in [0.15, 0.2) is 41.1 Å². The van der Waals surface area contributed by atoms with Crippen molar-refractivity contribution in [2.45, 2.75) is 0 Å². The third kappa shape index (κ3) is 2.61. The van der Waals surface area contributed by atoms with Crippen molar-refractivity contribution in [1.29, 1.82) is 0 Å². The second-order valence-electron chi connectivity index (χ2n) is 2.99. The molecule has 1 nitrogen and oxygen atoms in total. The van der Waals surface area contributed by atoms with E-state index in [1.54, 1.807) is 18.4 Å². The number of hydrogen-bond donors (Lipinski definition) is 0. The molecule has 0 unspecified atom stereocenters. The maximum atomic E-state index is 5.07. The summed E-state index contributed by atoms with van der Waals surface area (Å²) in [6, 6.07) is 9.76. The maximum absolute atomic E-state index is 5.07. The van der Waals surface area contributed by atoms with E-state index in [0.717, 1.165) is 16.9 Å². The van der Waals surface area contributed by atoms with Crippen LogP contribution in [-0.4, -0.2) is 7.11 Å². The summed E-state index contributed by atoms with van der Waals surface area (Å²) in [5.74, 6) is 7.05. The molecule has 1 aromatic heterocycles. The molecule has 0 atom stereocenters. The summed E-state index contributed by atoms with van der Waals surface area (Å²) in [5.41, 5.74) is 2.07. The number of rotatable bonds is 1. The molecule has 0 bridgehead atoms. The van der Waals surface area contributed by atoms with Crippen LogP contribution < -0.4 is 4.74 Å². The van der Waals surface area contributed by atoms with Gasteiger partial charge < -0.3 is 4.74 Å². The van der Waals surface area contributed by atoms with Gasteiger partial charge in [0.25, 0.3) is 0 Å². The monoisotopic (exact) mass is 214 g/mol. The second-order valence-corrected chi connectivity index (χ2v) is 3.77. The Balaban J connectivity index is 2.17. The Morgan fingerprint density at radius 2 is 1.73 bits per heavy atom. The Morgan fingerprint density at radius 1 is 1.00 bits per heavy atom. The van der Waals surface area contributed by atoms with Crippen molar-refractivity contribution in [2.24, 2.45) is 0 Å². The topological polar surface area (TPSA) is 9.23 Å². The van der Waals surface area contributed by atoms with Crippen LogP contribution in [0.1, 0.15) is 11.1 Å². The van der Waals surface area contributed by atoms with E-state index < -0.39 is 0 Å². The Kier molecular flexibility index (Phi) is 3.06. The SMILES string of the molecule is COc1ccc(C#Cc2ccsc2)cc1. The number of thiophene rings is 1. The first-order valence-corrected chi connectivity index (χ1v) is 5.51. The quantitative estimate of drug-likeness (QED) is 0.663. The van der Waals surface area contributed by atoms with Crippen molar-refractivity contribution in [3.05, 3.63) is 52.2 Å². The molecule has 2 rings (SSSR count). The molecule has 0 radical (unpaired) electrons. The average molecular weight is 214 g/mol. The Labute approximate surface area is 93.3 Å². The lowest BCUT2D eigenvalue weighted by atomic mass is 10.2.